The molecule has 1 aromatic carbocycles. The van der Waals surface area contributed by atoms with Crippen molar-refractivity contribution in [1.29, 1.82) is 0 Å². The number of piperidine rings is 1. The molecule has 3 rings (SSSR count). The van der Waals surface area contributed by atoms with Crippen molar-refractivity contribution in [2.24, 2.45) is 5.92 Å². The molecule has 0 atom stereocenters. The number of alkyl halides is 3. The summed E-state index contributed by atoms with van der Waals surface area (Å²) in [7, 11) is 0. The van der Waals surface area contributed by atoms with Crippen LogP contribution in [0.5, 0.6) is 0 Å². The number of nitrogens with two attached hydrogens (primary N) is 1. The molecule has 10 heteroatoms. The Labute approximate surface area is 151 Å². The molecular formula is C17H16F3N3O4. The Balaban J connectivity index is 1.92. The Morgan fingerprint density at radius 1 is 1.22 bits per heavy atom. The lowest BCUT2D eigenvalue weighted by molar-refractivity contribution is -0.143. The number of nitrogen functional groups attached to an aromatic ring is 1. The van der Waals surface area contributed by atoms with Gasteiger partial charge in [0.2, 0.25) is 5.88 Å². The maximum atomic E-state index is 13.3. The van der Waals surface area contributed by atoms with Crippen LogP contribution in [0.2, 0.25) is 0 Å². The Hall–Kier alpha value is -2.88. The minimum atomic E-state index is -4.68. The van der Waals surface area contributed by atoms with Crippen molar-refractivity contribution in [3.8, 4) is 11.3 Å². The molecule has 0 radical (unpaired) electrons. The normalized spacial score (nSPS) is 15.5. The predicted molar refractivity (Wildman–Crippen MR) is 87.4 cm³/mol. The highest BCUT2D eigenvalue weighted by atomic mass is 19.4. The number of nitrogens with zero attached hydrogens (tertiary/aromatic N) is 1. The van der Waals surface area contributed by atoms with Crippen molar-refractivity contribution in [3.05, 3.63) is 35.4 Å². The fourth-order valence-corrected chi connectivity index (χ4v) is 2.90. The number of aromatic nitrogens is 1. The zero-order chi connectivity index (χ0) is 19.6. The van der Waals surface area contributed by atoms with Crippen LogP contribution in [-0.4, -0.2) is 30.2 Å². The van der Waals surface area contributed by atoms with Gasteiger partial charge in [-0.15, -0.1) is 0 Å². The van der Waals surface area contributed by atoms with Crippen LogP contribution in [0, 0.1) is 5.92 Å². The SMILES string of the molecule is Nc1onc(-c2ccccc2C(F)(F)F)c1C(=O)OC(=O)C1CCNCC1. The van der Waals surface area contributed by atoms with Crippen LogP contribution in [0.25, 0.3) is 11.3 Å². The van der Waals surface area contributed by atoms with Gasteiger partial charge in [0.15, 0.2) is 5.56 Å². The van der Waals surface area contributed by atoms with E-state index in [0.29, 0.717) is 25.9 Å². The van der Waals surface area contributed by atoms with Gasteiger partial charge in [-0.3, -0.25) is 4.79 Å². The minimum absolute atomic E-state index is 0.397. The Bertz CT molecular complexity index is 857. The Kier molecular flexibility index (Phi) is 5.17. The van der Waals surface area contributed by atoms with E-state index in [-0.39, 0.29) is 0 Å². The molecule has 27 heavy (non-hydrogen) atoms. The van der Waals surface area contributed by atoms with Crippen molar-refractivity contribution >= 4 is 17.8 Å². The second kappa shape index (κ2) is 7.39. The van der Waals surface area contributed by atoms with Gasteiger partial charge >= 0.3 is 18.1 Å². The first-order valence-corrected chi connectivity index (χ1v) is 8.17. The number of benzene rings is 1. The summed E-state index contributed by atoms with van der Waals surface area (Å²) >= 11 is 0. The topological polar surface area (TPSA) is 107 Å². The van der Waals surface area contributed by atoms with Gasteiger partial charge in [-0.25, -0.2) is 4.79 Å². The third-order valence-electron chi connectivity index (χ3n) is 4.28. The zero-order valence-corrected chi connectivity index (χ0v) is 14.0. The monoisotopic (exact) mass is 383 g/mol. The van der Waals surface area contributed by atoms with E-state index in [1.165, 1.54) is 12.1 Å². The van der Waals surface area contributed by atoms with Gasteiger partial charge in [-0.1, -0.05) is 23.4 Å². The van der Waals surface area contributed by atoms with Crippen LogP contribution in [-0.2, 0) is 15.7 Å². The fraction of sp³-hybridized carbons (Fsp3) is 0.353. The van der Waals surface area contributed by atoms with E-state index in [0.717, 1.165) is 12.1 Å². The van der Waals surface area contributed by atoms with E-state index < -0.39 is 52.3 Å². The van der Waals surface area contributed by atoms with Gasteiger partial charge in [0.1, 0.15) is 5.69 Å². The molecule has 1 aromatic heterocycles. The van der Waals surface area contributed by atoms with Crippen LogP contribution < -0.4 is 11.1 Å². The summed E-state index contributed by atoms with van der Waals surface area (Å²) in [6, 6.07) is 4.53. The van der Waals surface area contributed by atoms with Crippen molar-refractivity contribution in [1.82, 2.24) is 10.5 Å². The number of anilines is 1. The molecule has 0 spiro atoms. The highest BCUT2D eigenvalue weighted by Gasteiger charge is 2.37. The number of carbonyl (C=O) groups is 2. The van der Waals surface area contributed by atoms with Crippen LogP contribution in [0.1, 0.15) is 28.8 Å². The first-order chi connectivity index (χ1) is 12.8. The zero-order valence-electron chi connectivity index (χ0n) is 14.0. The van der Waals surface area contributed by atoms with Gasteiger partial charge in [0.05, 0.1) is 11.5 Å². The molecule has 0 aliphatic carbocycles. The molecule has 2 aromatic rings. The van der Waals surface area contributed by atoms with E-state index >= 15 is 0 Å². The number of esters is 2. The molecule has 0 amide bonds. The van der Waals surface area contributed by atoms with E-state index in [2.05, 4.69) is 10.5 Å². The lowest BCUT2D eigenvalue weighted by Gasteiger charge is -2.20. The first-order valence-electron chi connectivity index (χ1n) is 8.17. The van der Waals surface area contributed by atoms with E-state index in [1.807, 2.05) is 0 Å². The molecule has 1 saturated heterocycles. The quantitative estimate of drug-likeness (QED) is 0.620. The van der Waals surface area contributed by atoms with Crippen LogP contribution in [0.4, 0.5) is 19.1 Å². The lowest BCUT2D eigenvalue weighted by Crippen LogP contribution is -2.33. The number of ether oxygens (including phenoxy) is 1. The van der Waals surface area contributed by atoms with Crippen LogP contribution >= 0.6 is 0 Å². The van der Waals surface area contributed by atoms with Gasteiger partial charge < -0.3 is 20.3 Å². The second-order valence-corrected chi connectivity index (χ2v) is 6.05. The summed E-state index contributed by atoms with van der Waals surface area (Å²) in [5.41, 5.74) is 3.21. The summed E-state index contributed by atoms with van der Waals surface area (Å²) in [5.74, 6) is -2.94. The molecule has 144 valence electrons. The number of carbonyl (C=O) groups excluding carboxylic acids is 2. The van der Waals surface area contributed by atoms with E-state index in [4.69, 9.17) is 15.0 Å². The average Bonchev–Trinajstić information content (AvgIpc) is 3.03. The summed E-state index contributed by atoms with van der Waals surface area (Å²) in [5, 5.41) is 6.55. The predicted octanol–water partition coefficient (Wildman–Crippen LogP) is 2.63. The summed E-state index contributed by atoms with van der Waals surface area (Å²) < 4.78 is 49.3. The maximum Gasteiger partial charge on any atom is 0.417 e. The molecule has 3 N–H and O–H groups in total. The molecule has 1 fully saturated rings. The van der Waals surface area contributed by atoms with Crippen molar-refractivity contribution in [2.45, 2.75) is 19.0 Å². The third kappa shape index (κ3) is 3.95. The van der Waals surface area contributed by atoms with Crippen LogP contribution in [0.3, 0.4) is 0 Å². The second-order valence-electron chi connectivity index (χ2n) is 6.05. The molecular weight excluding hydrogens is 367 g/mol. The molecule has 1 aliphatic heterocycles. The number of hydrogen-bond acceptors (Lipinski definition) is 7. The molecule has 0 unspecified atom stereocenters. The lowest BCUT2D eigenvalue weighted by atomic mass is 9.98. The van der Waals surface area contributed by atoms with E-state index in [1.54, 1.807) is 0 Å². The number of hydrogen-bond donors (Lipinski definition) is 2. The molecule has 2 heterocycles. The molecule has 0 bridgehead atoms. The highest BCUT2D eigenvalue weighted by molar-refractivity contribution is 6.05. The first kappa shape index (κ1) is 18.9. The van der Waals surface area contributed by atoms with Crippen molar-refractivity contribution < 1.29 is 32.0 Å². The van der Waals surface area contributed by atoms with Crippen LogP contribution in [0.15, 0.2) is 28.8 Å². The van der Waals surface area contributed by atoms with Crippen molar-refractivity contribution in [3.63, 3.8) is 0 Å². The Morgan fingerprint density at radius 2 is 1.89 bits per heavy atom. The number of nitrogens with one attached hydrogen (secondary N) is 1. The van der Waals surface area contributed by atoms with E-state index in [9.17, 15) is 22.8 Å². The number of halogens is 3. The summed E-state index contributed by atoms with van der Waals surface area (Å²) in [4.78, 5) is 24.6. The van der Waals surface area contributed by atoms with Crippen molar-refractivity contribution in [2.75, 3.05) is 18.8 Å². The van der Waals surface area contributed by atoms with Gasteiger partial charge in [-0.05, 0) is 32.0 Å². The summed E-state index contributed by atoms with van der Waals surface area (Å²) in [6.45, 7) is 1.21. The minimum Gasteiger partial charge on any atom is -0.389 e. The van der Waals surface area contributed by atoms with Gasteiger partial charge in [0.25, 0.3) is 0 Å². The molecule has 7 nitrogen and oxygen atoms in total. The van der Waals surface area contributed by atoms with Gasteiger partial charge in [0, 0.05) is 5.56 Å². The molecule has 1 aliphatic rings. The maximum absolute atomic E-state index is 13.3. The molecule has 0 saturated carbocycles. The summed E-state index contributed by atoms with van der Waals surface area (Å²) in [6.07, 6.45) is -3.69. The smallest absolute Gasteiger partial charge is 0.389 e. The average molecular weight is 383 g/mol. The Morgan fingerprint density at radius 3 is 2.56 bits per heavy atom. The van der Waals surface area contributed by atoms with Gasteiger partial charge in [-0.2, -0.15) is 13.2 Å². The number of rotatable bonds is 3. The standard InChI is InChI=1S/C17H16F3N3O4/c18-17(19,20)11-4-2-1-3-10(11)13-12(14(21)27-23-13)16(25)26-15(24)9-5-7-22-8-6-9/h1-4,9,22H,5-8,21H2. The largest absolute Gasteiger partial charge is 0.417 e. The highest BCUT2D eigenvalue weighted by Crippen LogP contribution is 2.39. The fourth-order valence-electron chi connectivity index (χ4n) is 2.90. The third-order valence-corrected chi connectivity index (χ3v) is 4.28.